The quantitative estimate of drug-likeness (QED) is 0.789. The third-order valence-corrected chi connectivity index (χ3v) is 4.36. The van der Waals surface area contributed by atoms with Crippen LogP contribution in [0.2, 0.25) is 0 Å². The van der Waals surface area contributed by atoms with E-state index < -0.39 is 0 Å². The maximum absolute atomic E-state index is 3.52. The largest absolute Gasteiger partial charge is 0.313 e. The van der Waals surface area contributed by atoms with Crippen molar-refractivity contribution in [1.82, 2.24) is 10.2 Å². The minimum Gasteiger partial charge on any atom is -0.313 e. The molecular weight excluding hydrogens is 196 g/mol. The minimum absolute atomic E-state index is 0.632. The first-order valence-electron chi connectivity index (χ1n) is 7.21. The first-order chi connectivity index (χ1) is 7.75. The molecule has 0 aromatic carbocycles. The Bertz CT molecular complexity index is 203. The molecule has 0 bridgehead atoms. The van der Waals surface area contributed by atoms with Crippen LogP contribution >= 0.6 is 0 Å². The zero-order chi connectivity index (χ0) is 11.4. The van der Waals surface area contributed by atoms with E-state index in [0.717, 1.165) is 18.4 Å². The Balaban J connectivity index is 1.68. The predicted molar refractivity (Wildman–Crippen MR) is 69.6 cm³/mol. The van der Waals surface area contributed by atoms with Gasteiger partial charge in [-0.3, -0.25) is 0 Å². The number of piperidine rings is 1. The second kappa shape index (κ2) is 6.02. The molecule has 1 heterocycles. The SMILES string of the molecule is CC(C)NCCN1CCC2CCCCC2C1. The molecular formula is C14H28N2. The molecule has 0 spiro atoms. The molecule has 94 valence electrons. The summed E-state index contributed by atoms with van der Waals surface area (Å²) in [7, 11) is 0. The lowest BCUT2D eigenvalue weighted by molar-refractivity contribution is 0.0872. The van der Waals surface area contributed by atoms with E-state index in [2.05, 4.69) is 24.1 Å². The zero-order valence-corrected chi connectivity index (χ0v) is 11.0. The third-order valence-electron chi connectivity index (χ3n) is 4.36. The first kappa shape index (κ1) is 12.4. The van der Waals surface area contributed by atoms with Gasteiger partial charge in [-0.25, -0.2) is 0 Å². The smallest absolute Gasteiger partial charge is 0.0107 e. The molecule has 0 aromatic rings. The van der Waals surface area contributed by atoms with Gasteiger partial charge in [-0.05, 0) is 31.2 Å². The summed E-state index contributed by atoms with van der Waals surface area (Å²) >= 11 is 0. The monoisotopic (exact) mass is 224 g/mol. The van der Waals surface area contributed by atoms with E-state index in [1.807, 2.05) is 0 Å². The molecule has 2 nitrogen and oxygen atoms in total. The van der Waals surface area contributed by atoms with Crippen LogP contribution < -0.4 is 5.32 Å². The molecule has 2 aliphatic rings. The fourth-order valence-electron chi connectivity index (χ4n) is 3.39. The van der Waals surface area contributed by atoms with Gasteiger partial charge >= 0.3 is 0 Å². The van der Waals surface area contributed by atoms with Crippen LogP contribution in [0.15, 0.2) is 0 Å². The highest BCUT2D eigenvalue weighted by Crippen LogP contribution is 2.35. The summed E-state index contributed by atoms with van der Waals surface area (Å²) in [5, 5.41) is 3.52. The molecule has 1 saturated carbocycles. The van der Waals surface area contributed by atoms with Gasteiger partial charge in [-0.2, -0.15) is 0 Å². The summed E-state index contributed by atoms with van der Waals surface area (Å²) in [6.45, 7) is 9.60. The van der Waals surface area contributed by atoms with Gasteiger partial charge in [0.25, 0.3) is 0 Å². The second-order valence-corrected chi connectivity index (χ2v) is 6.00. The predicted octanol–water partition coefficient (Wildman–Crippen LogP) is 2.50. The molecule has 2 rings (SSSR count). The Kier molecular flexibility index (Phi) is 4.66. The van der Waals surface area contributed by atoms with Crippen molar-refractivity contribution in [2.75, 3.05) is 26.2 Å². The van der Waals surface area contributed by atoms with Gasteiger partial charge in [0, 0.05) is 25.7 Å². The van der Waals surface area contributed by atoms with Crippen LogP contribution in [0.5, 0.6) is 0 Å². The summed E-state index contributed by atoms with van der Waals surface area (Å²) in [5.74, 6) is 2.10. The van der Waals surface area contributed by atoms with Gasteiger partial charge in [-0.15, -0.1) is 0 Å². The van der Waals surface area contributed by atoms with Gasteiger partial charge in [0.2, 0.25) is 0 Å². The average Bonchev–Trinajstić information content (AvgIpc) is 2.28. The van der Waals surface area contributed by atoms with E-state index >= 15 is 0 Å². The van der Waals surface area contributed by atoms with Crippen molar-refractivity contribution in [3.8, 4) is 0 Å². The van der Waals surface area contributed by atoms with Crippen molar-refractivity contribution in [2.45, 2.75) is 52.0 Å². The van der Waals surface area contributed by atoms with E-state index in [0.29, 0.717) is 6.04 Å². The van der Waals surface area contributed by atoms with Crippen molar-refractivity contribution >= 4 is 0 Å². The van der Waals surface area contributed by atoms with Crippen LogP contribution in [-0.2, 0) is 0 Å². The first-order valence-corrected chi connectivity index (χ1v) is 7.21. The van der Waals surface area contributed by atoms with Gasteiger partial charge in [0.1, 0.15) is 0 Å². The summed E-state index contributed by atoms with van der Waals surface area (Å²) in [5.41, 5.74) is 0. The highest BCUT2D eigenvalue weighted by molar-refractivity contribution is 4.83. The average molecular weight is 224 g/mol. The highest BCUT2D eigenvalue weighted by atomic mass is 15.1. The maximum atomic E-state index is 3.52. The summed E-state index contributed by atoms with van der Waals surface area (Å²) in [6, 6.07) is 0.632. The van der Waals surface area contributed by atoms with Crippen LogP contribution in [-0.4, -0.2) is 37.1 Å². The Labute approximate surface area is 101 Å². The lowest BCUT2D eigenvalue weighted by Gasteiger charge is -2.41. The van der Waals surface area contributed by atoms with Crippen LogP contribution in [0, 0.1) is 11.8 Å². The number of nitrogens with zero attached hydrogens (tertiary/aromatic N) is 1. The van der Waals surface area contributed by atoms with Crippen molar-refractivity contribution in [3.05, 3.63) is 0 Å². The molecule has 0 amide bonds. The van der Waals surface area contributed by atoms with Crippen LogP contribution in [0.25, 0.3) is 0 Å². The van der Waals surface area contributed by atoms with Crippen LogP contribution in [0.4, 0.5) is 0 Å². The number of hydrogen-bond donors (Lipinski definition) is 1. The highest BCUT2D eigenvalue weighted by Gasteiger charge is 2.30. The number of hydrogen-bond acceptors (Lipinski definition) is 2. The molecule has 1 saturated heterocycles. The van der Waals surface area contributed by atoms with Gasteiger partial charge in [0.05, 0.1) is 0 Å². The van der Waals surface area contributed by atoms with Gasteiger partial charge < -0.3 is 10.2 Å². The zero-order valence-electron chi connectivity index (χ0n) is 11.0. The Morgan fingerprint density at radius 2 is 1.88 bits per heavy atom. The Hall–Kier alpha value is -0.0800. The molecule has 1 aliphatic heterocycles. The molecule has 1 aliphatic carbocycles. The van der Waals surface area contributed by atoms with E-state index in [1.54, 1.807) is 0 Å². The van der Waals surface area contributed by atoms with E-state index in [-0.39, 0.29) is 0 Å². The number of rotatable bonds is 4. The van der Waals surface area contributed by atoms with Crippen molar-refractivity contribution in [3.63, 3.8) is 0 Å². The molecule has 0 aromatic heterocycles. The standard InChI is InChI=1S/C14H28N2/c1-12(2)15-8-10-16-9-7-13-5-3-4-6-14(13)11-16/h12-15H,3-11H2,1-2H3. The summed E-state index contributed by atoms with van der Waals surface area (Å²) < 4.78 is 0. The molecule has 0 radical (unpaired) electrons. The maximum Gasteiger partial charge on any atom is 0.0107 e. The van der Waals surface area contributed by atoms with Crippen LogP contribution in [0.3, 0.4) is 0 Å². The molecule has 2 heteroatoms. The lowest BCUT2D eigenvalue weighted by atomic mass is 9.75. The summed E-state index contributed by atoms with van der Waals surface area (Å²) in [4.78, 5) is 2.68. The van der Waals surface area contributed by atoms with Crippen molar-refractivity contribution < 1.29 is 0 Å². The topological polar surface area (TPSA) is 15.3 Å². The molecule has 2 unspecified atom stereocenters. The second-order valence-electron chi connectivity index (χ2n) is 6.00. The van der Waals surface area contributed by atoms with Crippen molar-refractivity contribution in [1.29, 1.82) is 0 Å². The number of likely N-dealkylation sites (tertiary alicyclic amines) is 1. The number of nitrogens with one attached hydrogen (secondary N) is 1. The molecule has 16 heavy (non-hydrogen) atoms. The fraction of sp³-hybridized carbons (Fsp3) is 1.00. The van der Waals surface area contributed by atoms with E-state index in [9.17, 15) is 0 Å². The van der Waals surface area contributed by atoms with Crippen molar-refractivity contribution in [2.24, 2.45) is 11.8 Å². The Morgan fingerprint density at radius 3 is 2.62 bits per heavy atom. The molecule has 1 N–H and O–H groups in total. The normalized spacial score (nSPS) is 31.7. The lowest BCUT2D eigenvalue weighted by Crippen LogP contribution is -2.44. The minimum atomic E-state index is 0.632. The number of fused-ring (bicyclic) bond motifs is 1. The van der Waals surface area contributed by atoms with Crippen LogP contribution in [0.1, 0.15) is 46.0 Å². The van der Waals surface area contributed by atoms with E-state index in [1.165, 1.54) is 51.7 Å². The third kappa shape index (κ3) is 3.46. The fourth-order valence-corrected chi connectivity index (χ4v) is 3.39. The Morgan fingerprint density at radius 1 is 1.12 bits per heavy atom. The van der Waals surface area contributed by atoms with Gasteiger partial charge in [-0.1, -0.05) is 33.1 Å². The summed E-state index contributed by atoms with van der Waals surface area (Å²) in [6.07, 6.45) is 7.46. The molecule has 2 atom stereocenters. The molecule has 2 fully saturated rings. The van der Waals surface area contributed by atoms with E-state index in [4.69, 9.17) is 0 Å². The van der Waals surface area contributed by atoms with Gasteiger partial charge in [0.15, 0.2) is 0 Å².